The van der Waals surface area contributed by atoms with Crippen LogP contribution >= 0.6 is 0 Å². The Morgan fingerprint density at radius 3 is 2.56 bits per heavy atom. The molecule has 7 heteroatoms. The van der Waals surface area contributed by atoms with Crippen molar-refractivity contribution in [2.75, 3.05) is 45.3 Å². The molecule has 0 bridgehead atoms. The number of hydrogen-bond donors (Lipinski definition) is 1. The summed E-state index contributed by atoms with van der Waals surface area (Å²) < 4.78 is 11.3. The van der Waals surface area contributed by atoms with Gasteiger partial charge in [-0.3, -0.25) is 4.90 Å². The molecule has 2 fully saturated rings. The van der Waals surface area contributed by atoms with E-state index >= 15 is 0 Å². The quantitative estimate of drug-likeness (QED) is 0.674. The molecule has 3 atom stereocenters. The van der Waals surface area contributed by atoms with Crippen LogP contribution in [-0.4, -0.2) is 60.4 Å². The van der Waals surface area contributed by atoms with Gasteiger partial charge in [0.25, 0.3) is 0 Å². The van der Waals surface area contributed by atoms with Gasteiger partial charge in [-0.2, -0.15) is 4.98 Å². The van der Waals surface area contributed by atoms with E-state index in [9.17, 15) is 5.11 Å². The van der Waals surface area contributed by atoms with E-state index < -0.39 is 5.60 Å². The van der Waals surface area contributed by atoms with Crippen LogP contribution in [0.3, 0.4) is 0 Å². The van der Waals surface area contributed by atoms with E-state index in [4.69, 9.17) is 9.47 Å². The Hall–Kier alpha value is -2.38. The molecule has 2 aliphatic rings. The Balaban J connectivity index is 1.55. The lowest BCUT2D eigenvalue weighted by Gasteiger charge is -2.41. The average molecular weight is 441 g/mol. The van der Waals surface area contributed by atoms with Crippen LogP contribution in [0, 0.1) is 11.8 Å². The van der Waals surface area contributed by atoms with Crippen molar-refractivity contribution >= 4 is 5.69 Å². The third-order valence-electron chi connectivity index (χ3n) is 6.87. The Morgan fingerprint density at radius 2 is 1.88 bits per heavy atom. The average Bonchev–Trinajstić information content (AvgIpc) is 3.19. The lowest BCUT2D eigenvalue weighted by atomic mass is 9.68. The van der Waals surface area contributed by atoms with Crippen molar-refractivity contribution < 1.29 is 14.6 Å². The molecule has 1 aromatic carbocycles. The minimum absolute atomic E-state index is 0.137. The lowest BCUT2D eigenvalue weighted by Crippen LogP contribution is -2.43. The molecule has 1 aromatic heterocycles. The maximum Gasteiger partial charge on any atom is 0.319 e. The standard InChI is InChI=1S/C25H36N4O3/c1-5-31-23-21(14-26-24(27-23)32-6-2)25(30)13-7-8-19-16-29(17-22(19)25)15-18-9-11-20(12-10-18)28(3)4/h9-12,14,19,22,30H,5-8,13,15-17H2,1-4H3. The molecule has 2 aromatic rings. The van der Waals surface area contributed by atoms with Crippen LogP contribution in [0.25, 0.3) is 0 Å². The highest BCUT2D eigenvalue weighted by molar-refractivity contribution is 5.46. The van der Waals surface area contributed by atoms with Crippen LogP contribution < -0.4 is 14.4 Å². The van der Waals surface area contributed by atoms with E-state index in [-0.39, 0.29) is 5.92 Å². The van der Waals surface area contributed by atoms with Crippen LogP contribution in [0.4, 0.5) is 5.69 Å². The molecule has 7 nitrogen and oxygen atoms in total. The predicted octanol–water partition coefficient (Wildman–Crippen LogP) is 3.46. The van der Waals surface area contributed by atoms with Crippen molar-refractivity contribution in [3.63, 3.8) is 0 Å². The summed E-state index contributed by atoms with van der Waals surface area (Å²) in [6, 6.07) is 9.04. The summed E-state index contributed by atoms with van der Waals surface area (Å²) in [6.45, 7) is 7.56. The zero-order chi connectivity index (χ0) is 22.7. The summed E-state index contributed by atoms with van der Waals surface area (Å²) >= 11 is 0. The van der Waals surface area contributed by atoms with E-state index in [1.165, 1.54) is 11.3 Å². The van der Waals surface area contributed by atoms with Crippen molar-refractivity contribution in [3.8, 4) is 11.9 Å². The second kappa shape index (κ2) is 9.63. The van der Waals surface area contributed by atoms with E-state index in [0.717, 1.165) is 32.5 Å². The number of anilines is 1. The van der Waals surface area contributed by atoms with Crippen molar-refractivity contribution in [2.45, 2.75) is 45.3 Å². The van der Waals surface area contributed by atoms with E-state index in [1.807, 2.05) is 13.8 Å². The molecule has 1 N–H and O–H groups in total. The zero-order valence-electron chi connectivity index (χ0n) is 19.8. The molecule has 1 saturated carbocycles. The van der Waals surface area contributed by atoms with E-state index in [1.54, 1.807) is 6.20 Å². The first-order valence-electron chi connectivity index (χ1n) is 11.8. The van der Waals surface area contributed by atoms with Crippen molar-refractivity contribution in [2.24, 2.45) is 11.8 Å². The summed E-state index contributed by atoms with van der Waals surface area (Å²) in [7, 11) is 4.12. The van der Waals surface area contributed by atoms with Gasteiger partial charge in [0.1, 0.15) is 5.60 Å². The molecule has 4 rings (SSSR count). The largest absolute Gasteiger partial charge is 0.478 e. The fourth-order valence-electron chi connectivity index (χ4n) is 5.33. The number of hydrogen-bond acceptors (Lipinski definition) is 7. The van der Waals surface area contributed by atoms with Gasteiger partial charge in [0.05, 0.1) is 18.8 Å². The maximum absolute atomic E-state index is 12.0. The topological polar surface area (TPSA) is 71.0 Å². The maximum atomic E-state index is 12.0. The number of aromatic nitrogens is 2. The number of aliphatic hydroxyl groups is 1. The molecule has 1 aliphatic heterocycles. The van der Waals surface area contributed by atoms with Crippen LogP contribution in [0.5, 0.6) is 11.9 Å². The third-order valence-corrected chi connectivity index (χ3v) is 6.87. The molecule has 1 saturated heterocycles. The minimum Gasteiger partial charge on any atom is -0.478 e. The highest BCUT2D eigenvalue weighted by atomic mass is 16.5. The molecular weight excluding hydrogens is 404 g/mol. The lowest BCUT2D eigenvalue weighted by molar-refractivity contribution is -0.0672. The zero-order valence-corrected chi connectivity index (χ0v) is 19.8. The van der Waals surface area contributed by atoms with E-state index in [2.05, 4.69) is 58.1 Å². The monoisotopic (exact) mass is 440 g/mol. The summed E-state index contributed by atoms with van der Waals surface area (Å²) in [4.78, 5) is 13.4. The second-order valence-corrected chi connectivity index (χ2v) is 9.18. The summed E-state index contributed by atoms with van der Waals surface area (Å²) in [5.74, 6) is 1.04. The van der Waals surface area contributed by atoms with Gasteiger partial charge in [0.2, 0.25) is 5.88 Å². The van der Waals surface area contributed by atoms with Gasteiger partial charge < -0.3 is 19.5 Å². The third kappa shape index (κ3) is 4.55. The van der Waals surface area contributed by atoms with Gasteiger partial charge >= 0.3 is 6.01 Å². The summed E-state index contributed by atoms with van der Waals surface area (Å²) in [6.07, 6.45) is 4.55. The smallest absolute Gasteiger partial charge is 0.319 e. The molecule has 2 heterocycles. The highest BCUT2D eigenvalue weighted by Crippen LogP contribution is 2.50. The molecule has 1 aliphatic carbocycles. The first-order chi connectivity index (χ1) is 15.4. The van der Waals surface area contributed by atoms with Gasteiger partial charge in [0, 0.05) is 51.5 Å². The van der Waals surface area contributed by atoms with E-state index in [0.29, 0.717) is 43.0 Å². The predicted molar refractivity (Wildman–Crippen MR) is 125 cm³/mol. The molecule has 0 radical (unpaired) electrons. The molecule has 0 amide bonds. The first-order valence-corrected chi connectivity index (χ1v) is 11.8. The van der Waals surface area contributed by atoms with Gasteiger partial charge in [-0.25, -0.2) is 4.98 Å². The van der Waals surface area contributed by atoms with Crippen LogP contribution in [0.1, 0.15) is 44.2 Å². The molecule has 174 valence electrons. The van der Waals surface area contributed by atoms with Crippen LogP contribution in [-0.2, 0) is 12.1 Å². The number of nitrogens with zero attached hydrogens (tertiary/aromatic N) is 4. The van der Waals surface area contributed by atoms with Gasteiger partial charge in [-0.05, 0) is 56.7 Å². The number of fused-ring (bicyclic) bond motifs is 1. The highest BCUT2D eigenvalue weighted by Gasteiger charge is 2.51. The number of likely N-dealkylation sites (tertiary alicyclic amines) is 1. The minimum atomic E-state index is -0.984. The Morgan fingerprint density at radius 1 is 1.12 bits per heavy atom. The first kappa shape index (κ1) is 22.8. The molecular formula is C25H36N4O3. The van der Waals surface area contributed by atoms with Crippen LogP contribution in [0.2, 0.25) is 0 Å². The SMILES string of the molecule is CCOc1ncc(C2(O)CCCC3CN(Cc4ccc(N(C)C)cc4)CC32)c(OCC)n1. The van der Waals surface area contributed by atoms with Gasteiger partial charge in [-0.1, -0.05) is 12.1 Å². The second-order valence-electron chi connectivity index (χ2n) is 9.18. The van der Waals surface area contributed by atoms with Gasteiger partial charge in [0.15, 0.2) is 0 Å². The molecule has 0 spiro atoms. The van der Waals surface area contributed by atoms with Crippen LogP contribution in [0.15, 0.2) is 30.5 Å². The number of rotatable bonds is 8. The summed E-state index contributed by atoms with van der Waals surface area (Å²) in [5.41, 5.74) is 2.23. The van der Waals surface area contributed by atoms with Crippen molar-refractivity contribution in [1.29, 1.82) is 0 Å². The summed E-state index contributed by atoms with van der Waals surface area (Å²) in [5, 5.41) is 12.0. The Kier molecular flexibility index (Phi) is 6.86. The van der Waals surface area contributed by atoms with Gasteiger partial charge in [-0.15, -0.1) is 0 Å². The Labute approximate surface area is 191 Å². The number of ether oxygens (including phenoxy) is 2. The molecule has 32 heavy (non-hydrogen) atoms. The van der Waals surface area contributed by atoms with Crippen molar-refractivity contribution in [3.05, 3.63) is 41.6 Å². The fraction of sp³-hybridized carbons (Fsp3) is 0.600. The molecule has 3 unspecified atom stereocenters. The normalized spacial score (nSPS) is 25.4. The number of benzene rings is 1. The Bertz CT molecular complexity index is 905. The fourth-order valence-corrected chi connectivity index (χ4v) is 5.33. The van der Waals surface area contributed by atoms with Crippen molar-refractivity contribution in [1.82, 2.24) is 14.9 Å².